The molecule has 3 rings (SSSR count). The van der Waals surface area contributed by atoms with Gasteiger partial charge in [0.15, 0.2) is 0 Å². The summed E-state index contributed by atoms with van der Waals surface area (Å²) in [5.74, 6) is 0.676. The molecule has 1 aliphatic heterocycles. The molecule has 1 fully saturated rings. The predicted molar refractivity (Wildman–Crippen MR) is 96.8 cm³/mol. The summed E-state index contributed by atoms with van der Waals surface area (Å²) in [6.07, 6.45) is 6.60. The predicted octanol–water partition coefficient (Wildman–Crippen LogP) is 3.00. The second-order valence-corrected chi connectivity index (χ2v) is 8.05. The fourth-order valence-corrected chi connectivity index (χ4v) is 3.36. The Hall–Kier alpha value is -2.24. The fraction of sp³-hybridized carbons (Fsp3) is 0.579. The summed E-state index contributed by atoms with van der Waals surface area (Å²) in [6, 6.07) is 1.97. The Morgan fingerprint density at radius 2 is 2.12 bits per heavy atom. The number of piperidine rings is 1. The number of aryl methyl sites for hydroxylation is 1. The van der Waals surface area contributed by atoms with Crippen LogP contribution in [0.1, 0.15) is 45.0 Å². The number of carbonyl (C=O) groups is 1. The standard InChI is InChI=1S/C19H27N5O/c1-13-8-16(23-22-13)17-11-20-10-15(21-17)9-14-6-5-7-24(12-14)18(25)19(2,3)4/h8,10-11,14H,5-7,9,12H2,1-4H3,(H,22,23)/t14-/m0/s1. The average molecular weight is 341 g/mol. The molecular formula is C19H27N5O. The number of likely N-dealkylation sites (tertiary alicyclic amines) is 1. The quantitative estimate of drug-likeness (QED) is 0.931. The van der Waals surface area contributed by atoms with Gasteiger partial charge in [0.1, 0.15) is 11.4 Å². The Morgan fingerprint density at radius 1 is 1.32 bits per heavy atom. The van der Waals surface area contributed by atoms with Crippen molar-refractivity contribution in [1.29, 1.82) is 0 Å². The molecule has 0 spiro atoms. The lowest BCUT2D eigenvalue weighted by atomic mass is 9.89. The lowest BCUT2D eigenvalue weighted by Crippen LogP contribution is -2.45. The van der Waals surface area contributed by atoms with E-state index in [1.54, 1.807) is 6.20 Å². The molecule has 3 heterocycles. The van der Waals surface area contributed by atoms with Gasteiger partial charge in [-0.25, -0.2) is 4.98 Å². The van der Waals surface area contributed by atoms with E-state index < -0.39 is 0 Å². The molecule has 2 aromatic rings. The van der Waals surface area contributed by atoms with Gasteiger partial charge in [0.2, 0.25) is 5.91 Å². The van der Waals surface area contributed by atoms with E-state index in [2.05, 4.69) is 15.2 Å². The SMILES string of the molecule is Cc1cc(-c2cncc(C[C@@H]3CCCN(C(=O)C(C)(C)C)C3)n2)n[nH]1. The number of amides is 1. The lowest BCUT2D eigenvalue weighted by molar-refractivity contribution is -0.141. The number of carbonyl (C=O) groups excluding carboxylic acids is 1. The van der Waals surface area contributed by atoms with Crippen LogP contribution in [0.15, 0.2) is 18.5 Å². The van der Waals surface area contributed by atoms with Crippen LogP contribution < -0.4 is 0 Å². The van der Waals surface area contributed by atoms with Gasteiger partial charge in [-0.15, -0.1) is 0 Å². The number of aromatic amines is 1. The van der Waals surface area contributed by atoms with Crippen molar-refractivity contribution in [2.45, 2.75) is 47.0 Å². The highest BCUT2D eigenvalue weighted by Gasteiger charge is 2.31. The van der Waals surface area contributed by atoms with E-state index in [1.807, 2.05) is 44.9 Å². The van der Waals surface area contributed by atoms with E-state index in [0.717, 1.165) is 55.1 Å². The minimum Gasteiger partial charge on any atom is -0.342 e. The zero-order chi connectivity index (χ0) is 18.0. The van der Waals surface area contributed by atoms with Crippen molar-refractivity contribution >= 4 is 5.91 Å². The highest BCUT2D eigenvalue weighted by Crippen LogP contribution is 2.25. The van der Waals surface area contributed by atoms with Crippen molar-refractivity contribution < 1.29 is 4.79 Å². The topological polar surface area (TPSA) is 74.8 Å². The number of hydrogen-bond donors (Lipinski definition) is 1. The monoisotopic (exact) mass is 341 g/mol. The third-order valence-corrected chi connectivity index (χ3v) is 4.60. The fourth-order valence-electron chi connectivity index (χ4n) is 3.36. The van der Waals surface area contributed by atoms with Crippen LogP contribution in [0.2, 0.25) is 0 Å². The second kappa shape index (κ2) is 6.94. The molecule has 2 aromatic heterocycles. The van der Waals surface area contributed by atoms with Crippen LogP contribution in [0.4, 0.5) is 0 Å². The number of nitrogens with zero attached hydrogens (tertiary/aromatic N) is 4. The lowest BCUT2D eigenvalue weighted by Gasteiger charge is -2.36. The molecule has 1 saturated heterocycles. The summed E-state index contributed by atoms with van der Waals surface area (Å²) in [7, 11) is 0. The summed E-state index contributed by atoms with van der Waals surface area (Å²) in [4.78, 5) is 23.6. The maximum absolute atomic E-state index is 12.5. The van der Waals surface area contributed by atoms with Crippen LogP contribution in [0.5, 0.6) is 0 Å². The zero-order valence-corrected chi connectivity index (χ0v) is 15.5. The number of nitrogens with one attached hydrogen (secondary N) is 1. The van der Waals surface area contributed by atoms with Gasteiger partial charge >= 0.3 is 0 Å². The van der Waals surface area contributed by atoms with E-state index in [0.29, 0.717) is 5.92 Å². The minimum absolute atomic E-state index is 0.240. The number of aromatic nitrogens is 4. The highest BCUT2D eigenvalue weighted by atomic mass is 16.2. The van der Waals surface area contributed by atoms with Gasteiger partial charge in [-0.2, -0.15) is 5.10 Å². The molecule has 0 unspecified atom stereocenters. The zero-order valence-electron chi connectivity index (χ0n) is 15.5. The maximum atomic E-state index is 12.5. The molecule has 1 N–H and O–H groups in total. The molecule has 0 bridgehead atoms. The molecule has 0 aliphatic carbocycles. The molecule has 25 heavy (non-hydrogen) atoms. The largest absolute Gasteiger partial charge is 0.342 e. The van der Waals surface area contributed by atoms with Crippen molar-refractivity contribution in [2.24, 2.45) is 11.3 Å². The third kappa shape index (κ3) is 4.24. The van der Waals surface area contributed by atoms with Gasteiger partial charge in [-0.05, 0) is 38.2 Å². The van der Waals surface area contributed by atoms with Crippen molar-refractivity contribution in [3.63, 3.8) is 0 Å². The van der Waals surface area contributed by atoms with E-state index in [9.17, 15) is 4.79 Å². The van der Waals surface area contributed by atoms with Crippen LogP contribution in [-0.4, -0.2) is 44.1 Å². The first-order valence-electron chi connectivity index (χ1n) is 8.95. The third-order valence-electron chi connectivity index (χ3n) is 4.60. The summed E-state index contributed by atoms with van der Waals surface area (Å²) < 4.78 is 0. The number of rotatable bonds is 3. The van der Waals surface area contributed by atoms with Gasteiger partial charge < -0.3 is 4.90 Å². The molecule has 1 amide bonds. The average Bonchev–Trinajstić information content (AvgIpc) is 3.00. The van der Waals surface area contributed by atoms with Gasteiger partial charge in [0, 0.05) is 30.4 Å². The van der Waals surface area contributed by atoms with Crippen LogP contribution >= 0.6 is 0 Å². The normalized spacial score (nSPS) is 18.4. The minimum atomic E-state index is -0.320. The highest BCUT2D eigenvalue weighted by molar-refractivity contribution is 5.81. The summed E-state index contributed by atoms with van der Waals surface area (Å²) in [5.41, 5.74) is 3.26. The van der Waals surface area contributed by atoms with Crippen molar-refractivity contribution in [1.82, 2.24) is 25.1 Å². The Labute approximate surface area is 149 Å². The first-order chi connectivity index (χ1) is 11.8. The van der Waals surface area contributed by atoms with Gasteiger partial charge in [-0.1, -0.05) is 20.8 Å². The van der Waals surface area contributed by atoms with E-state index in [-0.39, 0.29) is 11.3 Å². The van der Waals surface area contributed by atoms with E-state index in [4.69, 9.17) is 4.98 Å². The molecule has 6 heteroatoms. The number of H-pyrrole nitrogens is 1. The summed E-state index contributed by atoms with van der Waals surface area (Å²) in [5, 5.41) is 7.19. The van der Waals surface area contributed by atoms with E-state index in [1.165, 1.54) is 0 Å². The molecule has 0 aromatic carbocycles. The smallest absolute Gasteiger partial charge is 0.227 e. The van der Waals surface area contributed by atoms with Crippen LogP contribution in [-0.2, 0) is 11.2 Å². The van der Waals surface area contributed by atoms with Gasteiger partial charge in [0.05, 0.1) is 11.9 Å². The molecule has 6 nitrogen and oxygen atoms in total. The molecule has 0 radical (unpaired) electrons. The van der Waals surface area contributed by atoms with Gasteiger partial charge in [-0.3, -0.25) is 14.9 Å². The second-order valence-electron chi connectivity index (χ2n) is 8.05. The first-order valence-corrected chi connectivity index (χ1v) is 8.95. The molecule has 0 saturated carbocycles. The Morgan fingerprint density at radius 3 is 2.80 bits per heavy atom. The maximum Gasteiger partial charge on any atom is 0.227 e. The van der Waals surface area contributed by atoms with Crippen molar-refractivity contribution in [2.75, 3.05) is 13.1 Å². The molecular weight excluding hydrogens is 314 g/mol. The number of hydrogen-bond acceptors (Lipinski definition) is 4. The Balaban J connectivity index is 1.69. The van der Waals surface area contributed by atoms with Crippen LogP contribution in [0, 0.1) is 18.3 Å². The summed E-state index contributed by atoms with van der Waals surface area (Å²) >= 11 is 0. The Kier molecular flexibility index (Phi) is 4.88. The first kappa shape index (κ1) is 17.6. The van der Waals surface area contributed by atoms with Crippen molar-refractivity contribution in [3.05, 3.63) is 29.8 Å². The molecule has 134 valence electrons. The Bertz CT molecular complexity index is 746. The molecule has 1 aliphatic rings. The molecule has 1 atom stereocenters. The van der Waals surface area contributed by atoms with E-state index >= 15 is 0 Å². The van der Waals surface area contributed by atoms with Crippen LogP contribution in [0.3, 0.4) is 0 Å². The van der Waals surface area contributed by atoms with Crippen molar-refractivity contribution in [3.8, 4) is 11.4 Å². The van der Waals surface area contributed by atoms with Crippen LogP contribution in [0.25, 0.3) is 11.4 Å². The van der Waals surface area contributed by atoms with Gasteiger partial charge in [0.25, 0.3) is 0 Å². The summed E-state index contributed by atoms with van der Waals surface area (Å²) in [6.45, 7) is 9.60.